The molecule has 1 aliphatic rings. The van der Waals surface area contributed by atoms with Crippen LogP contribution < -0.4 is 5.32 Å². The summed E-state index contributed by atoms with van der Waals surface area (Å²) in [6, 6.07) is 1.91. The molecule has 1 aliphatic heterocycles. The topological polar surface area (TPSA) is 93.3 Å². The van der Waals surface area contributed by atoms with Gasteiger partial charge in [0.2, 0.25) is 11.8 Å². The molecule has 0 aliphatic carbocycles. The Labute approximate surface area is 158 Å². The summed E-state index contributed by atoms with van der Waals surface area (Å²) in [7, 11) is 0. The SMILES string of the molecule is Cc1noc(C)c1CN1CCC(NC(=O)CCCn2cccn2)CCC1=O. The molecule has 3 heterocycles. The second-order valence-electron chi connectivity index (χ2n) is 7.08. The molecule has 3 rings (SSSR count). The molecular weight excluding hydrogens is 346 g/mol. The molecule has 0 aromatic carbocycles. The van der Waals surface area contributed by atoms with Crippen molar-refractivity contribution in [2.24, 2.45) is 0 Å². The van der Waals surface area contributed by atoms with E-state index in [1.165, 1.54) is 0 Å². The van der Waals surface area contributed by atoms with Crippen LogP contribution in [0.2, 0.25) is 0 Å². The van der Waals surface area contributed by atoms with Crippen LogP contribution in [0.25, 0.3) is 0 Å². The Hall–Kier alpha value is -2.64. The van der Waals surface area contributed by atoms with Crippen LogP contribution in [-0.2, 0) is 22.7 Å². The highest BCUT2D eigenvalue weighted by molar-refractivity contribution is 5.78. The predicted molar refractivity (Wildman–Crippen MR) is 98.6 cm³/mol. The van der Waals surface area contributed by atoms with Crippen molar-refractivity contribution >= 4 is 11.8 Å². The van der Waals surface area contributed by atoms with E-state index in [0.717, 1.165) is 36.4 Å². The maximum Gasteiger partial charge on any atom is 0.222 e. The summed E-state index contributed by atoms with van der Waals surface area (Å²) in [6.07, 6.45) is 6.73. The number of likely N-dealkylation sites (tertiary alicyclic amines) is 1. The Morgan fingerprint density at radius 2 is 2.22 bits per heavy atom. The molecule has 1 fully saturated rings. The fourth-order valence-electron chi connectivity index (χ4n) is 3.40. The lowest BCUT2D eigenvalue weighted by molar-refractivity contribution is -0.131. The molecule has 0 radical (unpaired) electrons. The Morgan fingerprint density at radius 3 is 2.93 bits per heavy atom. The molecule has 8 nitrogen and oxygen atoms in total. The first-order valence-electron chi connectivity index (χ1n) is 9.49. The maximum atomic E-state index is 12.5. The normalized spacial score (nSPS) is 17.8. The van der Waals surface area contributed by atoms with Gasteiger partial charge in [0.05, 0.1) is 12.2 Å². The summed E-state index contributed by atoms with van der Waals surface area (Å²) in [4.78, 5) is 26.5. The second-order valence-corrected chi connectivity index (χ2v) is 7.08. The number of carbonyl (C=O) groups excluding carboxylic acids is 2. The second kappa shape index (κ2) is 8.83. The summed E-state index contributed by atoms with van der Waals surface area (Å²) in [6.45, 7) is 5.63. The van der Waals surface area contributed by atoms with Gasteiger partial charge in [-0.25, -0.2) is 0 Å². The van der Waals surface area contributed by atoms with Crippen LogP contribution in [0.3, 0.4) is 0 Å². The highest BCUT2D eigenvalue weighted by atomic mass is 16.5. The van der Waals surface area contributed by atoms with Crippen LogP contribution in [0.5, 0.6) is 0 Å². The number of nitrogens with zero attached hydrogens (tertiary/aromatic N) is 4. The van der Waals surface area contributed by atoms with Gasteiger partial charge >= 0.3 is 0 Å². The molecule has 2 aromatic heterocycles. The van der Waals surface area contributed by atoms with E-state index in [2.05, 4.69) is 15.6 Å². The van der Waals surface area contributed by atoms with Gasteiger partial charge in [0, 0.05) is 49.9 Å². The average molecular weight is 373 g/mol. The van der Waals surface area contributed by atoms with E-state index in [-0.39, 0.29) is 17.9 Å². The minimum absolute atomic E-state index is 0.0405. The zero-order valence-electron chi connectivity index (χ0n) is 16.0. The number of aryl methyl sites for hydroxylation is 3. The monoisotopic (exact) mass is 373 g/mol. The van der Waals surface area contributed by atoms with Crippen molar-refractivity contribution in [3.63, 3.8) is 0 Å². The molecule has 1 unspecified atom stereocenters. The van der Waals surface area contributed by atoms with Gasteiger partial charge in [-0.15, -0.1) is 0 Å². The molecular formula is C19H27N5O3. The molecule has 8 heteroatoms. The number of aromatic nitrogens is 3. The smallest absolute Gasteiger partial charge is 0.222 e. The molecule has 0 saturated carbocycles. The van der Waals surface area contributed by atoms with Crippen molar-refractivity contribution in [3.8, 4) is 0 Å². The Kier molecular flexibility index (Phi) is 6.26. The van der Waals surface area contributed by atoms with Crippen molar-refractivity contribution in [1.29, 1.82) is 0 Å². The third-order valence-corrected chi connectivity index (χ3v) is 5.05. The first-order chi connectivity index (χ1) is 13.0. The number of amides is 2. The van der Waals surface area contributed by atoms with E-state index in [4.69, 9.17) is 4.52 Å². The van der Waals surface area contributed by atoms with Gasteiger partial charge in [0.1, 0.15) is 5.76 Å². The molecule has 27 heavy (non-hydrogen) atoms. The minimum Gasteiger partial charge on any atom is -0.361 e. The van der Waals surface area contributed by atoms with Gasteiger partial charge in [0.15, 0.2) is 0 Å². The van der Waals surface area contributed by atoms with Crippen molar-refractivity contribution in [3.05, 3.63) is 35.5 Å². The van der Waals surface area contributed by atoms with E-state index < -0.39 is 0 Å². The number of carbonyl (C=O) groups is 2. The maximum absolute atomic E-state index is 12.5. The summed E-state index contributed by atoms with van der Waals surface area (Å²) in [5.74, 6) is 0.913. The summed E-state index contributed by atoms with van der Waals surface area (Å²) >= 11 is 0. The zero-order chi connectivity index (χ0) is 19.2. The Bertz CT molecular complexity index is 749. The molecule has 1 atom stereocenters. The average Bonchev–Trinajstić information content (AvgIpc) is 3.22. The van der Waals surface area contributed by atoms with Crippen LogP contribution in [0, 0.1) is 13.8 Å². The summed E-state index contributed by atoms with van der Waals surface area (Å²) in [5.41, 5.74) is 1.80. The first-order valence-corrected chi connectivity index (χ1v) is 9.49. The predicted octanol–water partition coefficient (Wildman–Crippen LogP) is 1.97. The zero-order valence-corrected chi connectivity index (χ0v) is 16.0. The van der Waals surface area contributed by atoms with Crippen molar-refractivity contribution < 1.29 is 14.1 Å². The van der Waals surface area contributed by atoms with Crippen molar-refractivity contribution in [2.75, 3.05) is 6.54 Å². The standard InChI is InChI=1S/C19H27N5O3/c1-14-17(15(2)27-22-14)13-23-12-8-16(6-7-19(23)26)21-18(25)5-3-10-24-11-4-9-20-24/h4,9,11,16H,3,5-8,10,12-13H2,1-2H3,(H,21,25). The fraction of sp³-hybridized carbons (Fsp3) is 0.579. The molecule has 2 amide bonds. The van der Waals surface area contributed by atoms with Crippen LogP contribution in [0.1, 0.15) is 49.1 Å². The Morgan fingerprint density at radius 1 is 1.37 bits per heavy atom. The van der Waals surface area contributed by atoms with Crippen LogP contribution in [0.4, 0.5) is 0 Å². The van der Waals surface area contributed by atoms with Gasteiger partial charge in [0.25, 0.3) is 0 Å². The third kappa shape index (κ3) is 5.18. The minimum atomic E-state index is 0.0405. The molecule has 0 bridgehead atoms. The van der Waals surface area contributed by atoms with Gasteiger partial charge in [-0.1, -0.05) is 5.16 Å². The number of nitrogens with one attached hydrogen (secondary N) is 1. The van der Waals surface area contributed by atoms with Gasteiger partial charge in [-0.2, -0.15) is 5.10 Å². The van der Waals surface area contributed by atoms with Gasteiger partial charge in [-0.05, 0) is 39.2 Å². The molecule has 146 valence electrons. The lowest BCUT2D eigenvalue weighted by Gasteiger charge is -2.21. The first kappa shape index (κ1) is 19.1. The van der Waals surface area contributed by atoms with E-state index in [1.54, 1.807) is 6.20 Å². The van der Waals surface area contributed by atoms with Gasteiger partial charge in [-0.3, -0.25) is 14.3 Å². The molecule has 1 saturated heterocycles. The quantitative estimate of drug-likeness (QED) is 0.801. The molecule has 1 N–H and O–H groups in total. The van der Waals surface area contributed by atoms with E-state index in [0.29, 0.717) is 32.4 Å². The summed E-state index contributed by atoms with van der Waals surface area (Å²) < 4.78 is 7.01. The number of rotatable bonds is 7. The van der Waals surface area contributed by atoms with Crippen LogP contribution >= 0.6 is 0 Å². The largest absolute Gasteiger partial charge is 0.361 e. The number of hydrogen-bond acceptors (Lipinski definition) is 5. The molecule has 2 aromatic rings. The van der Waals surface area contributed by atoms with E-state index in [1.807, 2.05) is 35.7 Å². The fourth-order valence-corrected chi connectivity index (χ4v) is 3.40. The van der Waals surface area contributed by atoms with Crippen LogP contribution in [0.15, 0.2) is 23.0 Å². The van der Waals surface area contributed by atoms with Crippen molar-refractivity contribution in [1.82, 2.24) is 25.2 Å². The van der Waals surface area contributed by atoms with Crippen LogP contribution in [-0.4, -0.2) is 44.2 Å². The van der Waals surface area contributed by atoms with E-state index >= 15 is 0 Å². The lowest BCUT2D eigenvalue weighted by atomic mass is 10.1. The Balaban J connectivity index is 1.45. The lowest BCUT2D eigenvalue weighted by Crippen LogP contribution is -2.36. The third-order valence-electron chi connectivity index (χ3n) is 5.05. The molecule has 0 spiro atoms. The van der Waals surface area contributed by atoms with Crippen molar-refractivity contribution in [2.45, 2.75) is 65.1 Å². The van der Waals surface area contributed by atoms with E-state index in [9.17, 15) is 9.59 Å². The number of hydrogen-bond donors (Lipinski definition) is 1. The van der Waals surface area contributed by atoms with Gasteiger partial charge < -0.3 is 14.7 Å². The summed E-state index contributed by atoms with van der Waals surface area (Å²) in [5, 5.41) is 11.2. The highest BCUT2D eigenvalue weighted by Crippen LogP contribution is 2.19. The highest BCUT2D eigenvalue weighted by Gasteiger charge is 2.25.